The van der Waals surface area contributed by atoms with Crippen molar-refractivity contribution in [2.24, 2.45) is 0 Å². The molecule has 2 aliphatic heterocycles. The summed E-state index contributed by atoms with van der Waals surface area (Å²) in [7, 11) is 0. The highest BCUT2D eigenvalue weighted by atomic mass is 16.5. The minimum absolute atomic E-state index is 0.0196. The minimum Gasteiger partial charge on any atom is -0.343 e. The van der Waals surface area contributed by atoms with Crippen LogP contribution < -0.4 is 10.6 Å². The first-order chi connectivity index (χ1) is 27.9. The Bertz CT molecular complexity index is 2460. The molecule has 3 N–H and O–H groups in total. The number of H-pyrrole nitrogens is 1. The van der Waals surface area contributed by atoms with E-state index in [0.717, 1.165) is 89.1 Å². The molecule has 13 heteroatoms. The van der Waals surface area contributed by atoms with Gasteiger partial charge in [-0.1, -0.05) is 68.4 Å². The van der Waals surface area contributed by atoms with Crippen LogP contribution in [0, 0.1) is 6.92 Å². The monoisotopic (exact) mass is 779 g/mol. The number of pyridine rings is 2. The van der Waals surface area contributed by atoms with Gasteiger partial charge in [0.15, 0.2) is 5.65 Å². The lowest BCUT2D eigenvalue weighted by Crippen LogP contribution is -2.39. The number of carbonyl (C=O) groups is 3. The number of aromatic amines is 1. The summed E-state index contributed by atoms with van der Waals surface area (Å²) in [6, 6.07) is 20.6. The van der Waals surface area contributed by atoms with Gasteiger partial charge in [0.25, 0.3) is 11.7 Å². The van der Waals surface area contributed by atoms with Gasteiger partial charge in [-0.2, -0.15) is 10.1 Å². The number of aryl methyl sites for hydroxylation is 1. The second kappa shape index (κ2) is 16.0. The van der Waals surface area contributed by atoms with Crippen LogP contribution in [0.25, 0.3) is 33.4 Å². The van der Waals surface area contributed by atoms with Gasteiger partial charge in [0.1, 0.15) is 0 Å². The Morgan fingerprint density at radius 2 is 1.71 bits per heavy atom. The van der Waals surface area contributed by atoms with Gasteiger partial charge >= 0.3 is 0 Å². The zero-order valence-electron chi connectivity index (χ0n) is 33.6. The first-order valence-corrected chi connectivity index (χ1v) is 20.1. The third-order valence-corrected chi connectivity index (χ3v) is 11.5. The molecular formula is C45H49N9O4. The van der Waals surface area contributed by atoms with Crippen LogP contribution in [0.1, 0.15) is 116 Å². The van der Waals surface area contributed by atoms with Crippen molar-refractivity contribution in [1.82, 2.24) is 45.8 Å². The number of rotatable bonds is 10. The summed E-state index contributed by atoms with van der Waals surface area (Å²) in [5, 5.41) is 17.9. The SMILES string of the molecule is Cc1cc(-c2[nH]nc3ncc(-c4ccc(C5CCN(CCc6ccc([C@@H]7CCC(=O)NC7=O)cc6)CC5)nc4)cc23)ccc1C(C)NC(=O)c1noc(C(C)(C)C)n1. The molecule has 0 aliphatic carbocycles. The van der Waals surface area contributed by atoms with E-state index in [1.165, 1.54) is 5.56 Å². The Kier molecular flexibility index (Phi) is 10.7. The Balaban J connectivity index is 0.865. The summed E-state index contributed by atoms with van der Waals surface area (Å²) in [4.78, 5) is 53.1. The first kappa shape index (κ1) is 38.8. The summed E-state index contributed by atoms with van der Waals surface area (Å²) in [6.07, 6.45) is 7.84. The molecule has 0 saturated carbocycles. The summed E-state index contributed by atoms with van der Waals surface area (Å²) in [5.41, 5.74) is 9.44. The van der Waals surface area contributed by atoms with E-state index in [0.29, 0.717) is 30.3 Å². The molecule has 4 aromatic heterocycles. The molecule has 2 fully saturated rings. The van der Waals surface area contributed by atoms with Gasteiger partial charge in [-0.25, -0.2) is 4.98 Å². The molecular weight excluding hydrogens is 731 g/mol. The topological polar surface area (TPSA) is 172 Å². The number of benzene rings is 2. The molecule has 2 aliphatic rings. The van der Waals surface area contributed by atoms with Crippen LogP contribution in [-0.4, -0.2) is 72.6 Å². The predicted molar refractivity (Wildman–Crippen MR) is 220 cm³/mol. The van der Waals surface area contributed by atoms with E-state index in [1.54, 1.807) is 0 Å². The molecule has 13 nitrogen and oxygen atoms in total. The van der Waals surface area contributed by atoms with Crippen LogP contribution in [0.2, 0.25) is 0 Å². The van der Waals surface area contributed by atoms with Crippen LogP contribution in [0.15, 0.2) is 77.6 Å². The fourth-order valence-electron chi connectivity index (χ4n) is 8.04. The second-order valence-corrected chi connectivity index (χ2v) is 16.7. The van der Waals surface area contributed by atoms with Crippen LogP contribution in [-0.2, 0) is 21.4 Å². The predicted octanol–water partition coefficient (Wildman–Crippen LogP) is 7.11. The van der Waals surface area contributed by atoms with E-state index in [1.807, 2.05) is 71.3 Å². The van der Waals surface area contributed by atoms with Gasteiger partial charge in [-0.15, -0.1) is 0 Å². The molecule has 3 amide bonds. The Labute approximate surface area is 337 Å². The van der Waals surface area contributed by atoms with Gasteiger partial charge in [-0.3, -0.25) is 29.8 Å². The van der Waals surface area contributed by atoms with Crippen molar-refractivity contribution in [1.29, 1.82) is 0 Å². The van der Waals surface area contributed by atoms with Gasteiger partial charge in [0.2, 0.25) is 17.7 Å². The highest BCUT2D eigenvalue weighted by molar-refractivity contribution is 6.01. The lowest BCUT2D eigenvalue weighted by atomic mass is 9.90. The van der Waals surface area contributed by atoms with Crippen LogP contribution in [0.3, 0.4) is 0 Å². The molecule has 0 spiro atoms. The summed E-state index contributed by atoms with van der Waals surface area (Å²) < 4.78 is 5.31. The Hall–Kier alpha value is -6.08. The van der Waals surface area contributed by atoms with E-state index >= 15 is 0 Å². The quantitative estimate of drug-likeness (QED) is 0.122. The van der Waals surface area contributed by atoms with Crippen molar-refractivity contribution in [2.45, 2.75) is 90.0 Å². The van der Waals surface area contributed by atoms with Crippen molar-refractivity contribution in [3.8, 4) is 22.4 Å². The van der Waals surface area contributed by atoms with E-state index in [-0.39, 0.29) is 40.9 Å². The zero-order valence-corrected chi connectivity index (χ0v) is 33.6. The molecule has 0 radical (unpaired) electrons. The van der Waals surface area contributed by atoms with Crippen LogP contribution >= 0.6 is 0 Å². The molecule has 0 bridgehead atoms. The largest absolute Gasteiger partial charge is 0.343 e. The van der Waals surface area contributed by atoms with E-state index < -0.39 is 0 Å². The van der Waals surface area contributed by atoms with Crippen molar-refractivity contribution >= 4 is 28.8 Å². The summed E-state index contributed by atoms with van der Waals surface area (Å²) in [5.74, 6) is -0.155. The maximum Gasteiger partial charge on any atom is 0.293 e. The summed E-state index contributed by atoms with van der Waals surface area (Å²) in [6.45, 7) is 12.9. The lowest BCUT2D eigenvalue weighted by Gasteiger charge is -2.31. The number of imide groups is 1. The normalized spacial score (nSPS) is 17.4. The first-order valence-electron chi connectivity index (χ1n) is 20.1. The van der Waals surface area contributed by atoms with Crippen molar-refractivity contribution in [3.05, 3.63) is 113 Å². The molecule has 6 heterocycles. The highest BCUT2D eigenvalue weighted by Crippen LogP contribution is 2.33. The molecule has 6 aromatic rings. The second-order valence-electron chi connectivity index (χ2n) is 16.7. The number of likely N-dealkylation sites (tertiary alicyclic amines) is 1. The van der Waals surface area contributed by atoms with Crippen molar-refractivity contribution in [3.63, 3.8) is 0 Å². The van der Waals surface area contributed by atoms with Gasteiger partial charge in [0, 0.05) is 64.5 Å². The number of amides is 3. The maximum atomic E-state index is 12.9. The molecule has 8 rings (SSSR count). The molecule has 298 valence electrons. The molecule has 1 unspecified atom stereocenters. The zero-order chi connectivity index (χ0) is 40.6. The van der Waals surface area contributed by atoms with Gasteiger partial charge < -0.3 is 14.7 Å². The van der Waals surface area contributed by atoms with Crippen molar-refractivity contribution < 1.29 is 18.9 Å². The number of hydrogen-bond donors (Lipinski definition) is 3. The number of nitrogens with zero attached hydrogens (tertiary/aromatic N) is 6. The number of aromatic nitrogens is 6. The van der Waals surface area contributed by atoms with Gasteiger partial charge in [-0.05, 0) is 93.1 Å². The smallest absolute Gasteiger partial charge is 0.293 e. The van der Waals surface area contributed by atoms with Crippen LogP contribution in [0.4, 0.5) is 0 Å². The summed E-state index contributed by atoms with van der Waals surface area (Å²) >= 11 is 0. The fraction of sp³-hybridized carbons (Fsp3) is 0.378. The number of piperidine rings is 2. The average molecular weight is 780 g/mol. The lowest BCUT2D eigenvalue weighted by molar-refractivity contribution is -0.134. The van der Waals surface area contributed by atoms with Crippen molar-refractivity contribution in [2.75, 3.05) is 19.6 Å². The molecule has 2 aromatic carbocycles. The standard InChI is InChI=1S/C45H49N9O4/c1-26-22-31(10-12-34(26)27(2)48-43(57)41-50-44(58-53-41)45(3,4)5)39-36-23-33(25-47-40(36)52-51-39)32-11-14-37(46-24-32)30-17-20-54(21-18-30)19-16-28-6-8-29(9-7-28)35-13-15-38(55)49-42(35)56/h6-12,14,22-25,27,30,35H,13,15-21H2,1-5H3,(H,48,57)(H,47,51,52)(H,49,55,56)/t27?,35-/m0/s1. The average Bonchev–Trinajstić information content (AvgIpc) is 3.89. The molecule has 2 atom stereocenters. The minimum atomic E-state index is -0.387. The highest BCUT2D eigenvalue weighted by Gasteiger charge is 2.28. The fourth-order valence-corrected chi connectivity index (χ4v) is 8.04. The van der Waals surface area contributed by atoms with Gasteiger partial charge in [0.05, 0.1) is 17.7 Å². The Morgan fingerprint density at radius 3 is 2.40 bits per heavy atom. The Morgan fingerprint density at radius 1 is 0.948 bits per heavy atom. The number of carbonyl (C=O) groups excluding carboxylic acids is 3. The van der Waals surface area contributed by atoms with E-state index in [9.17, 15) is 14.4 Å². The molecule has 58 heavy (non-hydrogen) atoms. The van der Waals surface area contributed by atoms with E-state index in [4.69, 9.17) is 9.51 Å². The third-order valence-electron chi connectivity index (χ3n) is 11.5. The molecule has 2 saturated heterocycles. The third kappa shape index (κ3) is 8.31. The van der Waals surface area contributed by atoms with E-state index in [2.05, 4.69) is 77.3 Å². The number of fused-ring (bicyclic) bond motifs is 1. The number of hydrogen-bond acceptors (Lipinski definition) is 10. The van der Waals surface area contributed by atoms with Crippen LogP contribution in [0.5, 0.6) is 0 Å². The number of nitrogens with one attached hydrogen (secondary N) is 3. The maximum absolute atomic E-state index is 12.9.